The molecule has 0 atom stereocenters. The highest BCUT2D eigenvalue weighted by atomic mass is 32.2. The van der Waals surface area contributed by atoms with Gasteiger partial charge in [0.25, 0.3) is 5.91 Å². The van der Waals surface area contributed by atoms with Gasteiger partial charge in [-0.25, -0.2) is 12.8 Å². The van der Waals surface area contributed by atoms with Crippen LogP contribution in [0.3, 0.4) is 0 Å². The maximum absolute atomic E-state index is 13.8. The smallest absolute Gasteiger partial charge is 0.259 e. The number of anilines is 2. The van der Waals surface area contributed by atoms with E-state index in [1.165, 1.54) is 24.4 Å². The van der Waals surface area contributed by atoms with Crippen LogP contribution < -0.4 is 9.62 Å². The first-order valence-corrected chi connectivity index (χ1v) is 10.7. The topological polar surface area (TPSA) is 79.4 Å². The van der Waals surface area contributed by atoms with E-state index >= 15 is 0 Å². The van der Waals surface area contributed by atoms with Gasteiger partial charge in [-0.1, -0.05) is 24.3 Å². The van der Waals surface area contributed by atoms with Crippen LogP contribution in [0.25, 0.3) is 0 Å². The summed E-state index contributed by atoms with van der Waals surface area (Å²) in [7, 11) is -3.82. The molecule has 2 aromatic carbocycles. The maximum atomic E-state index is 13.8. The van der Waals surface area contributed by atoms with E-state index in [-0.39, 0.29) is 11.5 Å². The van der Waals surface area contributed by atoms with Crippen molar-refractivity contribution >= 4 is 27.3 Å². The fourth-order valence-corrected chi connectivity index (χ4v) is 4.54. The highest BCUT2D eigenvalue weighted by molar-refractivity contribution is 7.91. The molecule has 4 rings (SSSR count). The number of fused-ring (bicyclic) bond motifs is 1. The molecule has 1 aliphatic heterocycles. The van der Waals surface area contributed by atoms with Crippen LogP contribution in [0.15, 0.2) is 67.0 Å². The van der Waals surface area contributed by atoms with Gasteiger partial charge in [-0.15, -0.1) is 0 Å². The van der Waals surface area contributed by atoms with E-state index in [0.717, 1.165) is 5.56 Å². The lowest BCUT2D eigenvalue weighted by molar-refractivity contribution is 0.0989. The molecular formula is C21H18FN3O3S. The first-order valence-electron chi connectivity index (χ1n) is 9.02. The Morgan fingerprint density at radius 2 is 1.97 bits per heavy atom. The average molecular weight is 411 g/mol. The molecule has 0 spiro atoms. The van der Waals surface area contributed by atoms with E-state index in [1.807, 2.05) is 0 Å². The molecule has 2 heterocycles. The zero-order valence-corrected chi connectivity index (χ0v) is 16.2. The molecule has 148 valence electrons. The summed E-state index contributed by atoms with van der Waals surface area (Å²) in [5, 5.41) is 0. The summed E-state index contributed by atoms with van der Waals surface area (Å²) in [6.07, 6.45) is 3.78. The van der Waals surface area contributed by atoms with E-state index < -0.39 is 21.6 Å². The van der Waals surface area contributed by atoms with E-state index in [4.69, 9.17) is 0 Å². The van der Waals surface area contributed by atoms with Gasteiger partial charge < -0.3 is 4.90 Å². The molecule has 1 aromatic heterocycles. The Bertz CT molecular complexity index is 1170. The van der Waals surface area contributed by atoms with E-state index in [0.29, 0.717) is 29.9 Å². The molecule has 0 radical (unpaired) electrons. The molecule has 3 aromatic rings. The molecule has 6 nitrogen and oxygen atoms in total. The summed E-state index contributed by atoms with van der Waals surface area (Å²) in [6.45, 7) is 0.508. The van der Waals surface area contributed by atoms with Crippen molar-refractivity contribution in [2.24, 2.45) is 0 Å². The van der Waals surface area contributed by atoms with Gasteiger partial charge in [0.15, 0.2) is 0 Å². The summed E-state index contributed by atoms with van der Waals surface area (Å²) < 4.78 is 41.3. The van der Waals surface area contributed by atoms with E-state index in [2.05, 4.69) is 9.71 Å². The number of rotatable bonds is 5. The summed E-state index contributed by atoms with van der Waals surface area (Å²) >= 11 is 0. The van der Waals surface area contributed by atoms with Crippen molar-refractivity contribution in [3.8, 4) is 0 Å². The van der Waals surface area contributed by atoms with E-state index in [9.17, 15) is 17.6 Å². The van der Waals surface area contributed by atoms with Gasteiger partial charge in [0.2, 0.25) is 10.0 Å². The van der Waals surface area contributed by atoms with Crippen molar-refractivity contribution in [2.45, 2.75) is 12.2 Å². The Labute approximate surface area is 168 Å². The third-order valence-electron chi connectivity index (χ3n) is 4.71. The van der Waals surface area contributed by atoms with Crippen molar-refractivity contribution in [1.29, 1.82) is 0 Å². The predicted molar refractivity (Wildman–Crippen MR) is 109 cm³/mol. The average Bonchev–Trinajstić information content (AvgIpc) is 3.12. The van der Waals surface area contributed by atoms with Gasteiger partial charge in [-0.3, -0.25) is 14.5 Å². The SMILES string of the molecule is O=C(c1cccnc1)N1CCc2ccc(NS(=O)(=O)Cc3ccccc3F)cc21. The summed E-state index contributed by atoms with van der Waals surface area (Å²) in [5.41, 5.74) is 2.50. The van der Waals surface area contributed by atoms with Crippen molar-refractivity contribution in [3.05, 3.63) is 89.5 Å². The fraction of sp³-hybridized carbons (Fsp3) is 0.143. The summed E-state index contributed by atoms with van der Waals surface area (Å²) in [4.78, 5) is 18.4. The van der Waals surface area contributed by atoms with Crippen LogP contribution in [0.4, 0.5) is 15.8 Å². The van der Waals surface area contributed by atoms with Crippen molar-refractivity contribution in [3.63, 3.8) is 0 Å². The molecule has 0 aliphatic carbocycles. The van der Waals surface area contributed by atoms with Crippen molar-refractivity contribution in [2.75, 3.05) is 16.2 Å². The number of nitrogens with one attached hydrogen (secondary N) is 1. The molecule has 0 saturated carbocycles. The summed E-state index contributed by atoms with van der Waals surface area (Å²) in [6, 6.07) is 14.2. The van der Waals surface area contributed by atoms with Crippen LogP contribution in [0.5, 0.6) is 0 Å². The molecule has 0 saturated heterocycles. The Hall–Kier alpha value is -3.26. The van der Waals surface area contributed by atoms with Gasteiger partial charge >= 0.3 is 0 Å². The lowest BCUT2D eigenvalue weighted by Gasteiger charge is -2.18. The van der Waals surface area contributed by atoms with Crippen LogP contribution in [-0.2, 0) is 22.2 Å². The highest BCUT2D eigenvalue weighted by Crippen LogP contribution is 2.32. The van der Waals surface area contributed by atoms with Crippen molar-refractivity contribution < 1.29 is 17.6 Å². The minimum absolute atomic E-state index is 0.0922. The van der Waals surface area contributed by atoms with Crippen LogP contribution in [0.1, 0.15) is 21.5 Å². The van der Waals surface area contributed by atoms with Crippen molar-refractivity contribution in [1.82, 2.24) is 4.98 Å². The lowest BCUT2D eigenvalue weighted by atomic mass is 10.1. The van der Waals surface area contributed by atoms with Gasteiger partial charge in [0.05, 0.1) is 17.0 Å². The Balaban J connectivity index is 1.57. The largest absolute Gasteiger partial charge is 0.308 e. The first-order chi connectivity index (χ1) is 13.9. The zero-order valence-electron chi connectivity index (χ0n) is 15.4. The number of hydrogen-bond acceptors (Lipinski definition) is 4. The van der Waals surface area contributed by atoms with Crippen LogP contribution in [-0.4, -0.2) is 25.9 Å². The first kappa shape index (κ1) is 19.1. The molecule has 1 N–H and O–H groups in total. The number of halogens is 1. The second-order valence-corrected chi connectivity index (χ2v) is 8.47. The number of pyridine rings is 1. The number of aromatic nitrogens is 1. The lowest BCUT2D eigenvalue weighted by Crippen LogP contribution is -2.29. The predicted octanol–water partition coefficient (Wildman–Crippen LogP) is 3.37. The number of carbonyl (C=O) groups is 1. The van der Waals surface area contributed by atoms with Gasteiger partial charge in [0, 0.05) is 30.2 Å². The number of carbonyl (C=O) groups excluding carboxylic acids is 1. The van der Waals surface area contributed by atoms with Crippen LogP contribution in [0, 0.1) is 5.82 Å². The Kier molecular flexibility index (Phi) is 5.02. The van der Waals surface area contributed by atoms with Gasteiger partial charge in [-0.05, 0) is 42.3 Å². The molecule has 0 unspecified atom stereocenters. The second-order valence-electron chi connectivity index (χ2n) is 6.74. The van der Waals surface area contributed by atoms with Gasteiger partial charge in [0.1, 0.15) is 5.82 Å². The molecular weight excluding hydrogens is 393 g/mol. The molecule has 0 fully saturated rings. The minimum Gasteiger partial charge on any atom is -0.308 e. The minimum atomic E-state index is -3.82. The van der Waals surface area contributed by atoms with Gasteiger partial charge in [-0.2, -0.15) is 0 Å². The second kappa shape index (κ2) is 7.63. The van der Waals surface area contributed by atoms with Crippen LogP contribution in [0.2, 0.25) is 0 Å². The number of benzene rings is 2. The monoisotopic (exact) mass is 411 g/mol. The highest BCUT2D eigenvalue weighted by Gasteiger charge is 2.26. The molecule has 1 amide bonds. The van der Waals surface area contributed by atoms with Crippen LogP contribution >= 0.6 is 0 Å². The zero-order chi connectivity index (χ0) is 20.4. The number of sulfonamides is 1. The maximum Gasteiger partial charge on any atom is 0.259 e. The number of hydrogen-bond donors (Lipinski definition) is 1. The summed E-state index contributed by atoms with van der Waals surface area (Å²) in [5.74, 6) is -1.24. The Morgan fingerprint density at radius 3 is 2.72 bits per heavy atom. The number of nitrogens with zero attached hydrogens (tertiary/aromatic N) is 2. The molecule has 29 heavy (non-hydrogen) atoms. The third-order valence-corrected chi connectivity index (χ3v) is 5.95. The quantitative estimate of drug-likeness (QED) is 0.698. The standard InChI is InChI=1S/C21H18FN3O3S/c22-19-6-2-1-4-17(19)14-29(27,28)24-18-8-7-15-9-11-25(20(15)12-18)21(26)16-5-3-10-23-13-16/h1-8,10,12-13,24H,9,11,14H2. The normalized spacial score (nSPS) is 13.2. The number of amides is 1. The van der Waals surface area contributed by atoms with E-state index in [1.54, 1.807) is 47.5 Å². The third kappa shape index (κ3) is 4.12. The molecule has 1 aliphatic rings. The fourth-order valence-electron chi connectivity index (χ4n) is 3.33. The Morgan fingerprint density at radius 1 is 1.14 bits per heavy atom. The molecule has 8 heteroatoms. The molecule has 0 bridgehead atoms.